The van der Waals surface area contributed by atoms with Gasteiger partial charge in [-0.15, -0.1) is 0 Å². The normalized spacial score (nSPS) is 11.3. The van der Waals surface area contributed by atoms with Crippen LogP contribution in [0.3, 0.4) is 0 Å². The summed E-state index contributed by atoms with van der Waals surface area (Å²) in [6.45, 7) is 4.14. The minimum absolute atomic E-state index is 1.06. The molecule has 0 aliphatic rings. The number of benzene rings is 2. The molecule has 0 atom stereocenters. The average Bonchev–Trinajstić information content (AvgIpc) is 2.60. The van der Waals surface area contributed by atoms with Crippen molar-refractivity contribution < 1.29 is 0 Å². The molecule has 0 aliphatic heterocycles. The minimum Gasteiger partial charge on any atom is -0.277 e. The van der Waals surface area contributed by atoms with E-state index in [0.717, 1.165) is 11.2 Å². The van der Waals surface area contributed by atoms with Gasteiger partial charge >= 0.3 is 0 Å². The van der Waals surface area contributed by atoms with Crippen molar-refractivity contribution in [2.45, 2.75) is 13.8 Å². The summed E-state index contributed by atoms with van der Waals surface area (Å²) in [6, 6.07) is 10.8. The second kappa shape index (κ2) is 2.83. The van der Waals surface area contributed by atoms with E-state index in [2.05, 4.69) is 47.5 Å². The molecule has 2 nitrogen and oxygen atoms in total. The molecule has 1 N–H and O–H groups in total. The van der Waals surface area contributed by atoms with Gasteiger partial charge in [0.2, 0.25) is 0 Å². The summed E-state index contributed by atoms with van der Waals surface area (Å²) in [5.41, 5.74) is 3.50. The molecule has 0 spiro atoms. The smallest absolute Gasteiger partial charge is 0.0731 e. The number of nitrogens with one attached hydrogen (secondary N) is 1. The molecule has 0 saturated heterocycles. The molecule has 0 aliphatic carbocycles. The summed E-state index contributed by atoms with van der Waals surface area (Å²) < 4.78 is 0. The molecule has 0 unspecified atom stereocenters. The number of fused-ring (bicyclic) bond motifs is 3. The maximum atomic E-state index is 4.24. The van der Waals surface area contributed by atoms with Crippen molar-refractivity contribution in [3.8, 4) is 0 Å². The van der Waals surface area contributed by atoms with Crippen molar-refractivity contribution in [3.05, 3.63) is 41.6 Å². The molecule has 0 amide bonds. The lowest BCUT2D eigenvalue weighted by molar-refractivity contribution is 1.07. The van der Waals surface area contributed by atoms with Gasteiger partial charge in [0.1, 0.15) is 0 Å². The summed E-state index contributed by atoms with van der Waals surface area (Å²) in [5.74, 6) is 0. The fourth-order valence-electron chi connectivity index (χ4n) is 2.07. The third-order valence-corrected chi connectivity index (χ3v) is 2.90. The van der Waals surface area contributed by atoms with Crippen LogP contribution in [-0.4, -0.2) is 10.2 Å². The topological polar surface area (TPSA) is 28.7 Å². The van der Waals surface area contributed by atoms with Gasteiger partial charge in [0.05, 0.1) is 11.2 Å². The van der Waals surface area contributed by atoms with E-state index in [1.807, 2.05) is 6.92 Å². The highest BCUT2D eigenvalue weighted by molar-refractivity contribution is 6.06. The monoisotopic (exact) mass is 196 g/mol. The number of aryl methyl sites for hydroxylation is 2. The molecule has 0 radical (unpaired) electrons. The van der Waals surface area contributed by atoms with Crippen molar-refractivity contribution in [1.29, 1.82) is 0 Å². The number of aromatic amines is 1. The van der Waals surface area contributed by atoms with Gasteiger partial charge in [-0.25, -0.2) is 0 Å². The zero-order valence-corrected chi connectivity index (χ0v) is 8.83. The van der Waals surface area contributed by atoms with Crippen LogP contribution in [0.15, 0.2) is 30.3 Å². The van der Waals surface area contributed by atoms with E-state index in [-0.39, 0.29) is 0 Å². The van der Waals surface area contributed by atoms with Crippen LogP contribution in [-0.2, 0) is 0 Å². The minimum atomic E-state index is 1.06. The predicted molar refractivity (Wildman–Crippen MR) is 63.1 cm³/mol. The first-order chi connectivity index (χ1) is 7.25. The maximum Gasteiger partial charge on any atom is 0.0731 e. The first kappa shape index (κ1) is 8.48. The van der Waals surface area contributed by atoms with Crippen molar-refractivity contribution in [2.24, 2.45) is 0 Å². The Morgan fingerprint density at radius 3 is 2.67 bits per heavy atom. The van der Waals surface area contributed by atoms with Crippen LogP contribution in [0.25, 0.3) is 21.7 Å². The van der Waals surface area contributed by atoms with E-state index >= 15 is 0 Å². The fraction of sp³-hybridized carbons (Fsp3) is 0.154. The standard InChI is InChI=1S/C13H12N2/c1-8-3-5-12-10(7-8)4-6-11-9(2)14-15-13(11)12/h3-7H,1-2H3,(H,14,15). The highest BCUT2D eigenvalue weighted by atomic mass is 15.1. The van der Waals surface area contributed by atoms with Crippen molar-refractivity contribution in [2.75, 3.05) is 0 Å². The molecule has 74 valence electrons. The molecule has 15 heavy (non-hydrogen) atoms. The van der Waals surface area contributed by atoms with E-state index < -0.39 is 0 Å². The number of hydrogen-bond donors (Lipinski definition) is 1. The van der Waals surface area contributed by atoms with Crippen molar-refractivity contribution in [3.63, 3.8) is 0 Å². The number of H-pyrrole nitrogens is 1. The van der Waals surface area contributed by atoms with E-state index in [1.54, 1.807) is 0 Å². The zero-order valence-electron chi connectivity index (χ0n) is 8.83. The molecule has 1 heterocycles. The molecule has 3 aromatic rings. The molecule has 1 aromatic heterocycles. The Morgan fingerprint density at radius 2 is 1.80 bits per heavy atom. The van der Waals surface area contributed by atoms with Crippen LogP contribution in [0.5, 0.6) is 0 Å². The van der Waals surface area contributed by atoms with Gasteiger partial charge in [-0.1, -0.05) is 35.9 Å². The quantitative estimate of drug-likeness (QED) is 0.587. The summed E-state index contributed by atoms with van der Waals surface area (Å²) in [5, 5.41) is 11.1. The molecule has 2 heteroatoms. The van der Waals surface area contributed by atoms with E-state index in [9.17, 15) is 0 Å². The van der Waals surface area contributed by atoms with Crippen molar-refractivity contribution in [1.82, 2.24) is 10.2 Å². The van der Waals surface area contributed by atoms with E-state index in [0.29, 0.717) is 0 Å². The third-order valence-electron chi connectivity index (χ3n) is 2.90. The summed E-state index contributed by atoms with van der Waals surface area (Å²) in [6.07, 6.45) is 0. The maximum absolute atomic E-state index is 4.24. The van der Waals surface area contributed by atoms with Gasteiger partial charge in [-0.05, 0) is 19.2 Å². The SMILES string of the molecule is Cc1ccc2c(ccc3c(C)n[nH]c32)c1. The first-order valence-corrected chi connectivity index (χ1v) is 5.10. The second-order valence-electron chi connectivity index (χ2n) is 4.02. The number of nitrogens with zero attached hydrogens (tertiary/aromatic N) is 1. The van der Waals surface area contributed by atoms with Gasteiger partial charge in [0, 0.05) is 10.8 Å². The van der Waals surface area contributed by atoms with Gasteiger partial charge in [-0.2, -0.15) is 5.10 Å². The fourth-order valence-corrected chi connectivity index (χ4v) is 2.07. The Bertz CT molecular complexity index is 650. The highest BCUT2D eigenvalue weighted by Crippen LogP contribution is 2.25. The van der Waals surface area contributed by atoms with Crippen LogP contribution in [0.1, 0.15) is 11.3 Å². The predicted octanol–water partition coefficient (Wildman–Crippen LogP) is 3.33. The largest absolute Gasteiger partial charge is 0.277 e. The Labute approximate surface area is 87.9 Å². The Balaban J connectivity index is 2.55. The number of rotatable bonds is 0. The number of aromatic nitrogens is 2. The summed E-state index contributed by atoms with van der Waals surface area (Å²) in [4.78, 5) is 0. The molecule has 0 saturated carbocycles. The molecule has 0 bridgehead atoms. The Kier molecular flexibility index (Phi) is 1.60. The van der Waals surface area contributed by atoms with Gasteiger partial charge in [0.25, 0.3) is 0 Å². The lowest BCUT2D eigenvalue weighted by Gasteiger charge is -2.00. The van der Waals surface area contributed by atoms with Gasteiger partial charge in [-0.3, -0.25) is 5.10 Å². The van der Waals surface area contributed by atoms with Crippen LogP contribution in [0.4, 0.5) is 0 Å². The van der Waals surface area contributed by atoms with Crippen LogP contribution < -0.4 is 0 Å². The van der Waals surface area contributed by atoms with E-state index in [1.165, 1.54) is 21.7 Å². The first-order valence-electron chi connectivity index (χ1n) is 5.10. The highest BCUT2D eigenvalue weighted by Gasteiger charge is 2.04. The van der Waals surface area contributed by atoms with Crippen molar-refractivity contribution >= 4 is 21.7 Å². The Morgan fingerprint density at radius 1 is 1.00 bits per heavy atom. The van der Waals surface area contributed by atoms with Gasteiger partial charge < -0.3 is 0 Å². The van der Waals surface area contributed by atoms with Crippen LogP contribution >= 0.6 is 0 Å². The van der Waals surface area contributed by atoms with Crippen LogP contribution in [0.2, 0.25) is 0 Å². The summed E-state index contributed by atoms with van der Waals surface area (Å²) in [7, 11) is 0. The number of hydrogen-bond acceptors (Lipinski definition) is 1. The van der Waals surface area contributed by atoms with Gasteiger partial charge in [0.15, 0.2) is 0 Å². The average molecular weight is 196 g/mol. The molecular weight excluding hydrogens is 184 g/mol. The molecular formula is C13H12N2. The lowest BCUT2D eigenvalue weighted by Crippen LogP contribution is -1.78. The van der Waals surface area contributed by atoms with E-state index in [4.69, 9.17) is 0 Å². The molecule has 0 fully saturated rings. The lowest BCUT2D eigenvalue weighted by atomic mass is 10.0. The Hall–Kier alpha value is -1.83. The van der Waals surface area contributed by atoms with Crippen LogP contribution in [0, 0.1) is 13.8 Å². The second-order valence-corrected chi connectivity index (χ2v) is 4.02. The zero-order chi connectivity index (χ0) is 10.4. The summed E-state index contributed by atoms with van der Waals surface area (Å²) >= 11 is 0. The molecule has 3 rings (SSSR count). The third kappa shape index (κ3) is 1.14. The molecule has 2 aromatic carbocycles.